The normalized spacial score (nSPS) is 22.2. The first-order chi connectivity index (χ1) is 14.5. The second-order valence-corrected chi connectivity index (χ2v) is 10.0. The van der Waals surface area contributed by atoms with Crippen LogP contribution in [-0.4, -0.2) is 63.4 Å². The fraction of sp³-hybridized carbons (Fsp3) is 0.500. The van der Waals surface area contributed by atoms with Gasteiger partial charge in [0.15, 0.2) is 0 Å². The van der Waals surface area contributed by atoms with Gasteiger partial charge in [0.25, 0.3) is 0 Å². The molecule has 3 aliphatic rings. The monoisotopic (exact) mass is 451 g/mol. The van der Waals surface area contributed by atoms with Crippen molar-refractivity contribution in [3.8, 4) is 0 Å². The molecule has 1 aromatic carbocycles. The molecule has 5 rings (SSSR count). The van der Waals surface area contributed by atoms with E-state index in [4.69, 9.17) is 21.6 Å². The van der Waals surface area contributed by atoms with Crippen LogP contribution in [0.25, 0.3) is 0 Å². The lowest BCUT2D eigenvalue weighted by Gasteiger charge is -2.36. The third-order valence-corrected chi connectivity index (χ3v) is 7.72. The van der Waals surface area contributed by atoms with Gasteiger partial charge in [0.1, 0.15) is 16.5 Å². The van der Waals surface area contributed by atoms with Crippen LogP contribution in [0, 0.1) is 5.82 Å². The minimum absolute atomic E-state index is 0.0269. The number of nitrogens with one attached hydrogen (secondary N) is 1. The van der Waals surface area contributed by atoms with Crippen molar-refractivity contribution in [3.05, 3.63) is 34.7 Å². The second kappa shape index (κ2) is 7.62. The molecule has 2 N–H and O–H groups in total. The number of aliphatic hydroxyl groups is 1. The van der Waals surface area contributed by atoms with Crippen molar-refractivity contribution in [1.29, 1.82) is 0 Å². The van der Waals surface area contributed by atoms with Crippen molar-refractivity contribution in [2.45, 2.75) is 29.7 Å². The molecule has 0 amide bonds. The van der Waals surface area contributed by atoms with Gasteiger partial charge in [-0.25, -0.2) is 9.37 Å². The zero-order valence-corrected chi connectivity index (χ0v) is 18.0. The zero-order chi connectivity index (χ0) is 20.9. The average molecular weight is 452 g/mol. The number of halogens is 2. The third-order valence-electron chi connectivity index (χ3n) is 6.03. The number of anilines is 3. The van der Waals surface area contributed by atoms with Gasteiger partial charge in [0, 0.05) is 43.4 Å². The van der Waals surface area contributed by atoms with E-state index in [0.29, 0.717) is 65.7 Å². The van der Waals surface area contributed by atoms with Crippen LogP contribution in [-0.2, 0) is 17.2 Å². The van der Waals surface area contributed by atoms with Crippen LogP contribution in [0.4, 0.5) is 21.8 Å². The number of rotatable bonds is 5. The van der Waals surface area contributed by atoms with Gasteiger partial charge in [-0.1, -0.05) is 11.6 Å². The van der Waals surface area contributed by atoms with Gasteiger partial charge >= 0.3 is 0 Å². The molecule has 2 aromatic rings. The van der Waals surface area contributed by atoms with Gasteiger partial charge in [0.05, 0.1) is 34.3 Å². The number of hydrogen-bond donors (Lipinski definition) is 2. The molecular weight excluding hydrogens is 429 g/mol. The van der Waals surface area contributed by atoms with Crippen LogP contribution in [0.1, 0.15) is 18.5 Å². The summed E-state index contributed by atoms with van der Waals surface area (Å²) in [7, 11) is -1.12. The summed E-state index contributed by atoms with van der Waals surface area (Å²) in [6.45, 7) is 2.59. The molecule has 2 fully saturated rings. The Bertz CT molecular complexity index is 1010. The highest BCUT2D eigenvalue weighted by atomic mass is 35.5. The molecule has 1 aliphatic carbocycles. The topological polar surface area (TPSA) is 81.6 Å². The number of aliphatic hydroxyl groups excluding tert-OH is 1. The molecule has 0 bridgehead atoms. The number of nitrogens with zero attached hydrogens (tertiary/aromatic N) is 4. The Morgan fingerprint density at radius 3 is 2.60 bits per heavy atom. The minimum atomic E-state index is -1.12. The van der Waals surface area contributed by atoms with Gasteiger partial charge in [-0.05, 0) is 31.0 Å². The van der Waals surface area contributed by atoms with Gasteiger partial charge in [-0.2, -0.15) is 4.98 Å². The molecule has 2 aliphatic heterocycles. The van der Waals surface area contributed by atoms with E-state index in [1.807, 2.05) is 4.90 Å². The summed E-state index contributed by atoms with van der Waals surface area (Å²) < 4.78 is 26.8. The molecule has 1 atom stereocenters. The Morgan fingerprint density at radius 1 is 1.20 bits per heavy atom. The van der Waals surface area contributed by atoms with Crippen molar-refractivity contribution < 1.29 is 13.7 Å². The van der Waals surface area contributed by atoms with Crippen molar-refractivity contribution >= 4 is 39.9 Å². The van der Waals surface area contributed by atoms with Crippen LogP contribution < -0.4 is 15.1 Å². The molecule has 30 heavy (non-hydrogen) atoms. The van der Waals surface area contributed by atoms with E-state index < -0.39 is 10.8 Å². The van der Waals surface area contributed by atoms with Gasteiger partial charge < -0.3 is 20.2 Å². The highest BCUT2D eigenvalue weighted by molar-refractivity contribution is 7.85. The Balaban J connectivity index is 1.37. The Kier molecular flexibility index (Phi) is 5.07. The number of hydrogen-bond acceptors (Lipinski definition) is 7. The lowest BCUT2D eigenvalue weighted by Crippen LogP contribution is -2.47. The smallest absolute Gasteiger partial charge is 0.227 e. The fourth-order valence-corrected chi connectivity index (χ4v) is 5.48. The molecule has 1 saturated carbocycles. The van der Waals surface area contributed by atoms with Crippen molar-refractivity contribution in [1.82, 2.24) is 9.97 Å². The third kappa shape index (κ3) is 3.63. The summed E-state index contributed by atoms with van der Waals surface area (Å²) >= 11 is 5.86. The number of aromatic nitrogens is 2. The quantitative estimate of drug-likeness (QED) is 0.721. The van der Waals surface area contributed by atoms with E-state index in [9.17, 15) is 13.7 Å². The Morgan fingerprint density at radius 2 is 1.93 bits per heavy atom. The maximum absolute atomic E-state index is 14.3. The number of fused-ring (bicyclic) bond motifs is 1. The van der Waals surface area contributed by atoms with Crippen LogP contribution in [0.2, 0.25) is 5.02 Å². The largest absolute Gasteiger partial charge is 0.394 e. The standard InChI is InChI=1S/C20H23ClFN5O2S/c21-13-1-2-16(14(22)11-13)26-6-8-27(9-7-26)19-23-15-3-10-30(29)17(15)18(24-19)25-20(12-28)4-5-20/h1-2,11,28H,3-10,12H2,(H,23,24,25). The van der Waals surface area contributed by atoms with Crippen LogP contribution in [0.3, 0.4) is 0 Å². The lowest BCUT2D eigenvalue weighted by molar-refractivity contribution is 0.265. The summed E-state index contributed by atoms with van der Waals surface area (Å²) in [5, 5.41) is 13.4. The molecular formula is C20H23ClFN5O2S. The summed E-state index contributed by atoms with van der Waals surface area (Å²) in [6.07, 6.45) is 2.40. The van der Waals surface area contributed by atoms with E-state index in [2.05, 4.69) is 10.2 Å². The van der Waals surface area contributed by atoms with Gasteiger partial charge in [0.2, 0.25) is 5.95 Å². The van der Waals surface area contributed by atoms with Gasteiger partial charge in [-0.3, -0.25) is 4.21 Å². The van der Waals surface area contributed by atoms with E-state index in [0.717, 1.165) is 18.5 Å². The molecule has 0 radical (unpaired) electrons. The first kappa shape index (κ1) is 20.0. The van der Waals surface area contributed by atoms with Crippen LogP contribution in [0.5, 0.6) is 0 Å². The zero-order valence-electron chi connectivity index (χ0n) is 16.4. The van der Waals surface area contributed by atoms with E-state index in [1.54, 1.807) is 12.1 Å². The predicted molar refractivity (Wildman–Crippen MR) is 116 cm³/mol. The lowest BCUT2D eigenvalue weighted by atomic mass is 10.2. The molecule has 160 valence electrons. The predicted octanol–water partition coefficient (Wildman–Crippen LogP) is 2.20. The first-order valence-corrected chi connectivity index (χ1v) is 11.8. The summed E-state index contributed by atoms with van der Waals surface area (Å²) in [4.78, 5) is 14.2. The number of piperazine rings is 1. The summed E-state index contributed by atoms with van der Waals surface area (Å²) in [5.41, 5.74) is 1.02. The van der Waals surface area contributed by atoms with Gasteiger partial charge in [-0.15, -0.1) is 0 Å². The molecule has 1 aromatic heterocycles. The highest BCUT2D eigenvalue weighted by Crippen LogP contribution is 2.41. The van der Waals surface area contributed by atoms with Crippen molar-refractivity contribution in [2.75, 3.05) is 53.7 Å². The molecule has 1 saturated heterocycles. The molecule has 10 heteroatoms. The maximum atomic E-state index is 14.3. The first-order valence-electron chi connectivity index (χ1n) is 10.1. The van der Waals surface area contributed by atoms with E-state index >= 15 is 0 Å². The van der Waals surface area contributed by atoms with Crippen LogP contribution >= 0.6 is 11.6 Å². The summed E-state index contributed by atoms with van der Waals surface area (Å²) in [6, 6.07) is 4.74. The average Bonchev–Trinajstić information content (AvgIpc) is 3.42. The van der Waals surface area contributed by atoms with E-state index in [-0.39, 0.29) is 18.0 Å². The Hall–Kier alpha value is -1.97. The highest BCUT2D eigenvalue weighted by Gasteiger charge is 2.44. The van der Waals surface area contributed by atoms with Crippen LogP contribution in [0.15, 0.2) is 23.1 Å². The fourth-order valence-electron chi connectivity index (χ4n) is 4.02. The minimum Gasteiger partial charge on any atom is -0.394 e. The van der Waals surface area contributed by atoms with Crippen molar-refractivity contribution in [2.24, 2.45) is 0 Å². The number of aryl methyl sites for hydroxylation is 1. The van der Waals surface area contributed by atoms with Crippen molar-refractivity contribution in [3.63, 3.8) is 0 Å². The van der Waals surface area contributed by atoms with E-state index in [1.165, 1.54) is 6.07 Å². The SMILES string of the molecule is O=S1CCc2nc(N3CCN(c4ccc(Cl)cc4F)CC3)nc(NC3(CO)CC3)c21. The summed E-state index contributed by atoms with van der Waals surface area (Å²) in [5.74, 6) is 1.42. The second-order valence-electron chi connectivity index (χ2n) is 8.08. The molecule has 7 nitrogen and oxygen atoms in total. The maximum Gasteiger partial charge on any atom is 0.227 e. The number of benzene rings is 1. The molecule has 0 spiro atoms. The molecule has 3 heterocycles. The molecule has 1 unspecified atom stereocenters. The Labute approximate surface area is 181 Å².